The van der Waals surface area contributed by atoms with E-state index in [2.05, 4.69) is 12.2 Å². The molecule has 0 saturated carbocycles. The van der Waals surface area contributed by atoms with Gasteiger partial charge in [-0.15, -0.1) is 0 Å². The van der Waals surface area contributed by atoms with E-state index in [4.69, 9.17) is 0 Å². The number of carbonyl (C=O) groups excluding carboxylic acids is 1. The summed E-state index contributed by atoms with van der Waals surface area (Å²) in [7, 11) is 0. The summed E-state index contributed by atoms with van der Waals surface area (Å²) in [5.41, 5.74) is 0. The average Bonchev–Trinajstić information content (AvgIpc) is 2.30. The van der Waals surface area contributed by atoms with Gasteiger partial charge in [-0.25, -0.2) is 0 Å². The average molecular weight is 242 g/mol. The van der Waals surface area contributed by atoms with Crippen LogP contribution in [0.25, 0.3) is 0 Å². The predicted octanol–water partition coefficient (Wildman–Crippen LogP) is 1.34. The number of thioether (sulfide) groups is 1. The molecule has 2 heterocycles. The van der Waals surface area contributed by atoms with Crippen LogP contribution in [0.1, 0.15) is 26.2 Å². The Balaban J connectivity index is 1.77. The molecule has 1 N–H and O–H groups in total. The summed E-state index contributed by atoms with van der Waals surface area (Å²) in [5.74, 6) is 3.52. The van der Waals surface area contributed by atoms with Gasteiger partial charge in [-0.1, -0.05) is 0 Å². The van der Waals surface area contributed by atoms with E-state index in [1.807, 2.05) is 16.7 Å². The fourth-order valence-corrected chi connectivity index (χ4v) is 3.69. The van der Waals surface area contributed by atoms with Gasteiger partial charge >= 0.3 is 0 Å². The Morgan fingerprint density at radius 2 is 2.19 bits per heavy atom. The highest BCUT2D eigenvalue weighted by Gasteiger charge is 2.24. The first-order valence-electron chi connectivity index (χ1n) is 6.34. The number of nitrogens with one attached hydrogen (secondary N) is 1. The minimum Gasteiger partial charge on any atom is -0.340 e. The monoisotopic (exact) mass is 242 g/mol. The van der Waals surface area contributed by atoms with Gasteiger partial charge in [-0.2, -0.15) is 11.8 Å². The van der Waals surface area contributed by atoms with Crippen LogP contribution in [0.3, 0.4) is 0 Å². The van der Waals surface area contributed by atoms with Gasteiger partial charge in [0.15, 0.2) is 0 Å². The van der Waals surface area contributed by atoms with E-state index in [9.17, 15) is 4.79 Å². The Labute approximate surface area is 102 Å². The van der Waals surface area contributed by atoms with Crippen LogP contribution in [0.2, 0.25) is 0 Å². The van der Waals surface area contributed by atoms with E-state index in [1.165, 1.54) is 24.3 Å². The summed E-state index contributed by atoms with van der Waals surface area (Å²) in [6, 6.07) is 0.458. The third-order valence-electron chi connectivity index (χ3n) is 3.53. The maximum absolute atomic E-state index is 12.1. The van der Waals surface area contributed by atoms with E-state index >= 15 is 0 Å². The van der Waals surface area contributed by atoms with E-state index in [0.717, 1.165) is 26.1 Å². The molecule has 2 fully saturated rings. The number of nitrogens with zero attached hydrogens (tertiary/aromatic N) is 1. The standard InChI is InChI=1S/C12H22N2OS/c1-10-9-14(5-4-13-10)12(15)8-11-2-6-16-7-3-11/h10-11,13H,2-9H2,1H3/t10-/m1/s1. The zero-order valence-electron chi connectivity index (χ0n) is 10.1. The van der Waals surface area contributed by atoms with Crippen molar-refractivity contribution in [2.45, 2.75) is 32.2 Å². The molecular weight excluding hydrogens is 220 g/mol. The quantitative estimate of drug-likeness (QED) is 0.793. The molecule has 92 valence electrons. The van der Waals surface area contributed by atoms with E-state index in [1.54, 1.807) is 0 Å². The van der Waals surface area contributed by atoms with Crippen molar-refractivity contribution in [3.05, 3.63) is 0 Å². The lowest BCUT2D eigenvalue weighted by atomic mass is 9.98. The van der Waals surface area contributed by atoms with Crippen LogP contribution in [0.4, 0.5) is 0 Å². The summed E-state index contributed by atoms with van der Waals surface area (Å²) in [5, 5.41) is 3.37. The fraction of sp³-hybridized carbons (Fsp3) is 0.917. The molecule has 2 rings (SSSR count). The van der Waals surface area contributed by atoms with Crippen molar-refractivity contribution in [1.29, 1.82) is 0 Å². The molecular formula is C12H22N2OS. The van der Waals surface area contributed by atoms with Crippen LogP contribution in [-0.2, 0) is 4.79 Å². The Hall–Kier alpha value is -0.220. The van der Waals surface area contributed by atoms with Gasteiger partial charge in [0.25, 0.3) is 0 Å². The molecule has 0 aromatic heterocycles. The molecule has 0 spiro atoms. The first-order valence-corrected chi connectivity index (χ1v) is 7.50. The SMILES string of the molecule is C[C@@H]1CN(C(=O)CC2CCSCC2)CCN1. The normalized spacial score (nSPS) is 28.1. The number of hydrogen-bond acceptors (Lipinski definition) is 3. The highest BCUT2D eigenvalue weighted by molar-refractivity contribution is 7.99. The minimum atomic E-state index is 0.380. The molecule has 0 unspecified atom stereocenters. The molecule has 2 aliphatic heterocycles. The first-order chi connectivity index (χ1) is 7.75. The van der Waals surface area contributed by atoms with Crippen LogP contribution < -0.4 is 5.32 Å². The highest BCUT2D eigenvalue weighted by Crippen LogP contribution is 2.25. The zero-order chi connectivity index (χ0) is 11.4. The summed E-state index contributed by atoms with van der Waals surface area (Å²) < 4.78 is 0. The van der Waals surface area contributed by atoms with Gasteiger partial charge < -0.3 is 10.2 Å². The van der Waals surface area contributed by atoms with Gasteiger partial charge in [0.2, 0.25) is 5.91 Å². The Kier molecular flexibility index (Phi) is 4.53. The largest absolute Gasteiger partial charge is 0.340 e. The molecule has 3 nitrogen and oxygen atoms in total. The van der Waals surface area contributed by atoms with Crippen molar-refractivity contribution in [2.24, 2.45) is 5.92 Å². The Morgan fingerprint density at radius 1 is 1.44 bits per heavy atom. The van der Waals surface area contributed by atoms with Crippen molar-refractivity contribution in [2.75, 3.05) is 31.1 Å². The lowest BCUT2D eigenvalue weighted by Gasteiger charge is -2.33. The van der Waals surface area contributed by atoms with Crippen molar-refractivity contribution >= 4 is 17.7 Å². The molecule has 0 aliphatic carbocycles. The van der Waals surface area contributed by atoms with E-state index in [-0.39, 0.29) is 0 Å². The predicted molar refractivity (Wildman–Crippen MR) is 68.7 cm³/mol. The number of hydrogen-bond donors (Lipinski definition) is 1. The number of piperazine rings is 1. The number of rotatable bonds is 2. The second kappa shape index (κ2) is 5.92. The van der Waals surface area contributed by atoms with Crippen molar-refractivity contribution < 1.29 is 4.79 Å². The van der Waals surface area contributed by atoms with Crippen LogP contribution >= 0.6 is 11.8 Å². The van der Waals surface area contributed by atoms with Crippen LogP contribution in [0.15, 0.2) is 0 Å². The van der Waals surface area contributed by atoms with Gasteiger partial charge in [-0.3, -0.25) is 4.79 Å². The van der Waals surface area contributed by atoms with Crippen LogP contribution in [0, 0.1) is 5.92 Å². The Bertz CT molecular complexity index is 241. The third kappa shape index (κ3) is 3.39. The van der Waals surface area contributed by atoms with Gasteiger partial charge in [0.05, 0.1) is 0 Å². The number of amides is 1. The van der Waals surface area contributed by atoms with Crippen LogP contribution in [-0.4, -0.2) is 48.0 Å². The smallest absolute Gasteiger partial charge is 0.222 e. The van der Waals surface area contributed by atoms with Gasteiger partial charge in [0, 0.05) is 32.1 Å². The van der Waals surface area contributed by atoms with Crippen molar-refractivity contribution in [3.8, 4) is 0 Å². The van der Waals surface area contributed by atoms with Crippen LogP contribution in [0.5, 0.6) is 0 Å². The molecule has 0 radical (unpaired) electrons. The summed E-state index contributed by atoms with van der Waals surface area (Å²) >= 11 is 2.03. The second-order valence-electron chi connectivity index (χ2n) is 4.95. The maximum atomic E-state index is 12.1. The summed E-state index contributed by atoms with van der Waals surface area (Å²) in [6.45, 7) is 4.88. The molecule has 1 atom stereocenters. The molecule has 0 aromatic rings. The highest BCUT2D eigenvalue weighted by atomic mass is 32.2. The second-order valence-corrected chi connectivity index (χ2v) is 6.18. The molecule has 0 bridgehead atoms. The van der Waals surface area contributed by atoms with E-state index < -0.39 is 0 Å². The minimum absolute atomic E-state index is 0.380. The lowest BCUT2D eigenvalue weighted by Crippen LogP contribution is -2.51. The number of carbonyl (C=O) groups is 1. The zero-order valence-corrected chi connectivity index (χ0v) is 10.9. The summed E-state index contributed by atoms with van der Waals surface area (Å²) in [6.07, 6.45) is 3.25. The van der Waals surface area contributed by atoms with E-state index in [0.29, 0.717) is 17.9 Å². The maximum Gasteiger partial charge on any atom is 0.222 e. The lowest BCUT2D eigenvalue weighted by molar-refractivity contribution is -0.133. The van der Waals surface area contributed by atoms with Gasteiger partial charge in [-0.05, 0) is 37.2 Å². The fourth-order valence-electron chi connectivity index (χ4n) is 2.49. The molecule has 4 heteroatoms. The Morgan fingerprint density at radius 3 is 2.88 bits per heavy atom. The molecule has 1 amide bonds. The molecule has 2 aliphatic rings. The van der Waals surface area contributed by atoms with Gasteiger partial charge in [0.1, 0.15) is 0 Å². The topological polar surface area (TPSA) is 32.3 Å². The molecule has 0 aromatic carbocycles. The summed E-state index contributed by atoms with van der Waals surface area (Å²) in [4.78, 5) is 14.1. The third-order valence-corrected chi connectivity index (χ3v) is 4.57. The van der Waals surface area contributed by atoms with Crippen molar-refractivity contribution in [3.63, 3.8) is 0 Å². The molecule has 16 heavy (non-hydrogen) atoms. The molecule has 2 saturated heterocycles. The first kappa shape index (κ1) is 12.2. The van der Waals surface area contributed by atoms with Crippen molar-refractivity contribution in [1.82, 2.24) is 10.2 Å².